The fourth-order valence-electron chi connectivity index (χ4n) is 2.58. The number of carbonyl (C=O) groups is 1. The van der Waals surface area contributed by atoms with E-state index in [4.69, 9.17) is 10.5 Å². The van der Waals surface area contributed by atoms with Gasteiger partial charge in [0.05, 0.1) is 6.61 Å². The van der Waals surface area contributed by atoms with Crippen LogP contribution in [0.5, 0.6) is 0 Å². The van der Waals surface area contributed by atoms with Gasteiger partial charge in [0.2, 0.25) is 5.91 Å². The molecule has 3 N–H and O–H groups in total. The standard InChI is InChI=1S/C16H32N2O2/c1-13(2)9-11-20-12-10-18-16(19)8-5-14-3-6-15(17)7-4-14/h13-15H,3-12,17H2,1-2H3,(H,18,19). The number of carbonyl (C=O) groups excluding carboxylic acids is 1. The number of amides is 1. The van der Waals surface area contributed by atoms with Gasteiger partial charge in [0, 0.05) is 25.6 Å². The molecule has 1 saturated carbocycles. The molecule has 0 bridgehead atoms. The van der Waals surface area contributed by atoms with E-state index < -0.39 is 0 Å². The van der Waals surface area contributed by atoms with Crippen molar-refractivity contribution < 1.29 is 9.53 Å². The van der Waals surface area contributed by atoms with E-state index >= 15 is 0 Å². The predicted molar refractivity (Wildman–Crippen MR) is 82.5 cm³/mol. The molecule has 4 heteroatoms. The first-order valence-corrected chi connectivity index (χ1v) is 8.18. The van der Waals surface area contributed by atoms with E-state index in [1.165, 1.54) is 12.8 Å². The van der Waals surface area contributed by atoms with Crippen molar-refractivity contribution in [2.75, 3.05) is 19.8 Å². The number of hydrogen-bond donors (Lipinski definition) is 2. The van der Waals surface area contributed by atoms with Crippen molar-refractivity contribution in [2.45, 2.75) is 64.8 Å². The third-order valence-electron chi connectivity index (χ3n) is 4.08. The lowest BCUT2D eigenvalue weighted by Gasteiger charge is -2.25. The Kier molecular flexibility index (Phi) is 8.86. The Bertz CT molecular complexity index is 261. The molecule has 4 nitrogen and oxygen atoms in total. The molecule has 0 aromatic carbocycles. The Morgan fingerprint density at radius 3 is 2.60 bits per heavy atom. The maximum absolute atomic E-state index is 11.7. The molecule has 1 aliphatic rings. The average Bonchev–Trinajstić information content (AvgIpc) is 2.41. The molecule has 0 unspecified atom stereocenters. The quantitative estimate of drug-likeness (QED) is 0.639. The molecule has 0 radical (unpaired) electrons. The van der Waals surface area contributed by atoms with Crippen LogP contribution in [0.15, 0.2) is 0 Å². The first-order valence-electron chi connectivity index (χ1n) is 8.18. The highest BCUT2D eigenvalue weighted by atomic mass is 16.5. The van der Waals surface area contributed by atoms with Crippen LogP contribution >= 0.6 is 0 Å². The Labute approximate surface area is 123 Å². The minimum Gasteiger partial charge on any atom is -0.380 e. The van der Waals surface area contributed by atoms with Gasteiger partial charge in [0.1, 0.15) is 0 Å². The zero-order chi connectivity index (χ0) is 14.8. The Balaban J connectivity index is 1.92. The summed E-state index contributed by atoms with van der Waals surface area (Å²) in [5, 5.41) is 2.93. The lowest BCUT2D eigenvalue weighted by atomic mass is 9.84. The van der Waals surface area contributed by atoms with Crippen molar-refractivity contribution in [3.05, 3.63) is 0 Å². The lowest BCUT2D eigenvalue weighted by Crippen LogP contribution is -2.29. The maximum Gasteiger partial charge on any atom is 0.220 e. The second-order valence-corrected chi connectivity index (χ2v) is 6.46. The third kappa shape index (κ3) is 8.54. The van der Waals surface area contributed by atoms with Gasteiger partial charge in [-0.25, -0.2) is 0 Å². The minimum absolute atomic E-state index is 0.160. The van der Waals surface area contributed by atoms with Gasteiger partial charge in [-0.15, -0.1) is 0 Å². The second-order valence-electron chi connectivity index (χ2n) is 6.46. The van der Waals surface area contributed by atoms with Crippen LogP contribution in [0.3, 0.4) is 0 Å². The molecule has 0 saturated heterocycles. The van der Waals surface area contributed by atoms with Gasteiger partial charge in [0.25, 0.3) is 0 Å². The van der Waals surface area contributed by atoms with Crippen LogP contribution in [0.4, 0.5) is 0 Å². The highest BCUT2D eigenvalue weighted by Gasteiger charge is 2.18. The molecule has 20 heavy (non-hydrogen) atoms. The largest absolute Gasteiger partial charge is 0.380 e. The molecule has 1 rings (SSSR count). The summed E-state index contributed by atoms with van der Waals surface area (Å²) in [6.45, 7) is 6.41. The number of ether oxygens (including phenoxy) is 1. The molecule has 0 atom stereocenters. The summed E-state index contributed by atoms with van der Waals surface area (Å²) >= 11 is 0. The van der Waals surface area contributed by atoms with Crippen molar-refractivity contribution in [1.29, 1.82) is 0 Å². The lowest BCUT2D eigenvalue weighted by molar-refractivity contribution is -0.121. The van der Waals surface area contributed by atoms with E-state index in [-0.39, 0.29) is 5.91 Å². The first-order chi connectivity index (χ1) is 9.58. The second kappa shape index (κ2) is 10.2. The fraction of sp³-hybridized carbons (Fsp3) is 0.938. The van der Waals surface area contributed by atoms with Gasteiger partial charge in [-0.1, -0.05) is 13.8 Å². The van der Waals surface area contributed by atoms with Gasteiger partial charge in [0.15, 0.2) is 0 Å². The van der Waals surface area contributed by atoms with Gasteiger partial charge in [-0.3, -0.25) is 4.79 Å². The van der Waals surface area contributed by atoms with Gasteiger partial charge in [-0.2, -0.15) is 0 Å². The Hall–Kier alpha value is -0.610. The molecule has 1 aliphatic carbocycles. The van der Waals surface area contributed by atoms with Crippen LogP contribution in [0.1, 0.15) is 58.8 Å². The maximum atomic E-state index is 11.7. The monoisotopic (exact) mass is 284 g/mol. The van der Waals surface area contributed by atoms with Crippen LogP contribution < -0.4 is 11.1 Å². The molecule has 0 heterocycles. The molecular weight excluding hydrogens is 252 g/mol. The molecule has 1 amide bonds. The number of nitrogens with one attached hydrogen (secondary N) is 1. The third-order valence-corrected chi connectivity index (χ3v) is 4.08. The summed E-state index contributed by atoms with van der Waals surface area (Å²) in [7, 11) is 0. The first kappa shape index (κ1) is 17.4. The molecule has 0 spiro atoms. The normalized spacial score (nSPS) is 23.0. The summed E-state index contributed by atoms with van der Waals surface area (Å²) in [6.07, 6.45) is 7.35. The molecule has 0 aliphatic heterocycles. The van der Waals surface area contributed by atoms with E-state index in [9.17, 15) is 4.79 Å². The molecule has 118 valence electrons. The Morgan fingerprint density at radius 1 is 1.25 bits per heavy atom. The van der Waals surface area contributed by atoms with Crippen LogP contribution in [0.2, 0.25) is 0 Å². The van der Waals surface area contributed by atoms with Crippen molar-refractivity contribution in [2.24, 2.45) is 17.6 Å². The highest BCUT2D eigenvalue weighted by Crippen LogP contribution is 2.26. The van der Waals surface area contributed by atoms with E-state index in [2.05, 4.69) is 19.2 Å². The van der Waals surface area contributed by atoms with Crippen molar-refractivity contribution in [3.8, 4) is 0 Å². The summed E-state index contributed by atoms with van der Waals surface area (Å²) in [4.78, 5) is 11.7. The zero-order valence-corrected chi connectivity index (χ0v) is 13.2. The van der Waals surface area contributed by atoms with Crippen LogP contribution in [-0.4, -0.2) is 31.7 Å². The van der Waals surface area contributed by atoms with E-state index in [1.807, 2.05) is 0 Å². The van der Waals surface area contributed by atoms with Crippen molar-refractivity contribution >= 4 is 5.91 Å². The van der Waals surface area contributed by atoms with Crippen molar-refractivity contribution in [1.82, 2.24) is 5.32 Å². The van der Waals surface area contributed by atoms with Crippen LogP contribution in [0.25, 0.3) is 0 Å². The topological polar surface area (TPSA) is 64.3 Å². The van der Waals surface area contributed by atoms with Crippen LogP contribution in [-0.2, 0) is 9.53 Å². The smallest absolute Gasteiger partial charge is 0.220 e. The summed E-state index contributed by atoms with van der Waals surface area (Å²) in [5.41, 5.74) is 5.88. The van der Waals surface area contributed by atoms with E-state index in [0.29, 0.717) is 37.5 Å². The summed E-state index contributed by atoms with van der Waals surface area (Å²) < 4.78 is 5.47. The number of nitrogens with two attached hydrogens (primary N) is 1. The van der Waals surface area contributed by atoms with Gasteiger partial charge < -0.3 is 15.8 Å². The average molecular weight is 284 g/mol. The zero-order valence-electron chi connectivity index (χ0n) is 13.2. The Morgan fingerprint density at radius 2 is 1.95 bits per heavy atom. The molecular formula is C16H32N2O2. The fourth-order valence-corrected chi connectivity index (χ4v) is 2.58. The molecule has 0 aromatic rings. The van der Waals surface area contributed by atoms with E-state index in [0.717, 1.165) is 32.3 Å². The van der Waals surface area contributed by atoms with Crippen molar-refractivity contribution in [3.63, 3.8) is 0 Å². The molecule has 1 fully saturated rings. The van der Waals surface area contributed by atoms with Gasteiger partial charge >= 0.3 is 0 Å². The number of rotatable bonds is 9. The highest BCUT2D eigenvalue weighted by molar-refractivity contribution is 5.75. The molecule has 0 aromatic heterocycles. The van der Waals surface area contributed by atoms with Gasteiger partial charge in [-0.05, 0) is 50.4 Å². The van der Waals surface area contributed by atoms with E-state index in [1.54, 1.807) is 0 Å². The summed E-state index contributed by atoms with van der Waals surface area (Å²) in [6, 6.07) is 0.392. The summed E-state index contributed by atoms with van der Waals surface area (Å²) in [5.74, 6) is 1.53. The van der Waals surface area contributed by atoms with Crippen LogP contribution in [0, 0.1) is 11.8 Å². The SMILES string of the molecule is CC(C)CCOCCNC(=O)CCC1CCC(N)CC1. The predicted octanol–water partition coefficient (Wildman–Crippen LogP) is 2.46. The minimum atomic E-state index is 0.160. The number of hydrogen-bond acceptors (Lipinski definition) is 3.